The summed E-state index contributed by atoms with van der Waals surface area (Å²) in [5, 5.41) is 3.79. The van der Waals surface area contributed by atoms with E-state index in [4.69, 9.17) is 4.74 Å². The van der Waals surface area contributed by atoms with Gasteiger partial charge in [0.05, 0.1) is 6.61 Å². The molecule has 1 fully saturated rings. The molecule has 0 radical (unpaired) electrons. The van der Waals surface area contributed by atoms with E-state index in [-0.39, 0.29) is 0 Å². The van der Waals surface area contributed by atoms with Crippen molar-refractivity contribution in [3.05, 3.63) is 35.4 Å². The molecule has 0 aromatic heterocycles. The second kappa shape index (κ2) is 4.67. The Hall–Kier alpha value is -0.860. The van der Waals surface area contributed by atoms with Crippen LogP contribution in [-0.4, -0.2) is 19.3 Å². The lowest BCUT2D eigenvalue weighted by Gasteiger charge is -2.38. The molecule has 2 aliphatic rings. The molecule has 0 amide bonds. The minimum atomic E-state index is 0.320. The van der Waals surface area contributed by atoms with Gasteiger partial charge in [-0.25, -0.2) is 0 Å². The highest BCUT2D eigenvalue weighted by molar-refractivity contribution is 5.38. The molecule has 18 heavy (non-hydrogen) atoms. The van der Waals surface area contributed by atoms with Crippen LogP contribution in [0.4, 0.5) is 0 Å². The van der Waals surface area contributed by atoms with E-state index in [0.717, 1.165) is 19.6 Å². The first-order valence-electron chi connectivity index (χ1n) is 7.10. The zero-order valence-corrected chi connectivity index (χ0v) is 11.4. The molecule has 3 rings (SSSR count). The van der Waals surface area contributed by atoms with Gasteiger partial charge >= 0.3 is 0 Å². The van der Waals surface area contributed by atoms with Gasteiger partial charge in [-0.05, 0) is 35.8 Å². The van der Waals surface area contributed by atoms with Crippen molar-refractivity contribution in [2.24, 2.45) is 0 Å². The predicted octanol–water partition coefficient (Wildman–Crippen LogP) is 3.18. The number of nitrogens with one attached hydrogen (secondary N) is 1. The molecule has 1 aliphatic heterocycles. The van der Waals surface area contributed by atoms with Crippen LogP contribution in [0, 0.1) is 0 Å². The smallest absolute Gasteiger partial charge is 0.0620 e. The molecule has 2 unspecified atom stereocenters. The fraction of sp³-hybridized carbons (Fsp3) is 0.625. The summed E-state index contributed by atoms with van der Waals surface area (Å²) in [4.78, 5) is 0. The highest BCUT2D eigenvalue weighted by Crippen LogP contribution is 2.41. The first-order valence-corrected chi connectivity index (χ1v) is 7.10. The molecular weight excluding hydrogens is 222 g/mol. The number of rotatable bonds is 2. The van der Waals surface area contributed by atoms with Crippen molar-refractivity contribution in [2.75, 3.05) is 13.2 Å². The Labute approximate surface area is 110 Å². The minimum Gasteiger partial charge on any atom is -0.380 e. The summed E-state index contributed by atoms with van der Waals surface area (Å²) in [6.07, 6.45) is 3.65. The van der Waals surface area contributed by atoms with Crippen LogP contribution in [0.15, 0.2) is 24.3 Å². The third-order valence-corrected chi connectivity index (χ3v) is 4.49. The van der Waals surface area contributed by atoms with Gasteiger partial charge in [0.2, 0.25) is 0 Å². The Bertz CT molecular complexity index is 421. The SMILES string of the molecule is CC1(C)CCC(NC2CCOC2)c2ccccc21. The van der Waals surface area contributed by atoms with Gasteiger partial charge in [-0.2, -0.15) is 0 Å². The van der Waals surface area contributed by atoms with Crippen molar-refractivity contribution < 1.29 is 4.74 Å². The van der Waals surface area contributed by atoms with Gasteiger partial charge < -0.3 is 10.1 Å². The molecule has 1 aromatic rings. The minimum absolute atomic E-state index is 0.320. The standard InChI is InChI=1S/C16H23NO/c1-16(2)9-7-15(17-12-8-10-18-11-12)13-5-3-4-6-14(13)16/h3-6,12,15,17H,7-11H2,1-2H3. The molecule has 1 aliphatic carbocycles. The molecule has 98 valence electrons. The number of hydrogen-bond donors (Lipinski definition) is 1. The van der Waals surface area contributed by atoms with Gasteiger partial charge in [0.15, 0.2) is 0 Å². The third-order valence-electron chi connectivity index (χ3n) is 4.49. The molecular formula is C16H23NO. The molecule has 1 N–H and O–H groups in total. The number of ether oxygens (including phenoxy) is 1. The molecule has 1 aromatic carbocycles. The summed E-state index contributed by atoms with van der Waals surface area (Å²) in [5.74, 6) is 0. The van der Waals surface area contributed by atoms with Gasteiger partial charge in [-0.15, -0.1) is 0 Å². The number of fused-ring (bicyclic) bond motifs is 1. The summed E-state index contributed by atoms with van der Waals surface area (Å²) in [7, 11) is 0. The van der Waals surface area contributed by atoms with Crippen LogP contribution >= 0.6 is 0 Å². The average molecular weight is 245 g/mol. The van der Waals surface area contributed by atoms with Gasteiger partial charge in [-0.1, -0.05) is 38.1 Å². The van der Waals surface area contributed by atoms with Gasteiger partial charge in [0.25, 0.3) is 0 Å². The van der Waals surface area contributed by atoms with E-state index in [1.165, 1.54) is 24.0 Å². The highest BCUT2D eigenvalue weighted by Gasteiger charge is 2.33. The molecule has 1 saturated heterocycles. The fourth-order valence-corrected chi connectivity index (χ4v) is 3.34. The van der Waals surface area contributed by atoms with Crippen molar-refractivity contribution in [3.8, 4) is 0 Å². The Balaban J connectivity index is 1.84. The molecule has 2 heteroatoms. The largest absolute Gasteiger partial charge is 0.380 e. The molecule has 0 bridgehead atoms. The van der Waals surface area contributed by atoms with E-state index in [1.807, 2.05) is 0 Å². The van der Waals surface area contributed by atoms with E-state index in [0.29, 0.717) is 17.5 Å². The summed E-state index contributed by atoms with van der Waals surface area (Å²) < 4.78 is 5.47. The van der Waals surface area contributed by atoms with Crippen LogP contribution in [0.1, 0.15) is 50.3 Å². The topological polar surface area (TPSA) is 21.3 Å². The van der Waals surface area contributed by atoms with Crippen molar-refractivity contribution in [1.29, 1.82) is 0 Å². The second-order valence-electron chi connectivity index (χ2n) is 6.29. The monoisotopic (exact) mass is 245 g/mol. The molecule has 0 spiro atoms. The maximum atomic E-state index is 5.47. The normalized spacial score (nSPS) is 30.1. The lowest BCUT2D eigenvalue weighted by Crippen LogP contribution is -2.38. The Morgan fingerprint density at radius 3 is 2.83 bits per heavy atom. The third kappa shape index (κ3) is 2.19. The zero-order chi connectivity index (χ0) is 12.6. The Kier molecular flexibility index (Phi) is 3.16. The van der Waals surface area contributed by atoms with Crippen molar-refractivity contribution in [3.63, 3.8) is 0 Å². The first-order chi connectivity index (χ1) is 8.67. The second-order valence-corrected chi connectivity index (χ2v) is 6.29. The van der Waals surface area contributed by atoms with Crippen LogP contribution in [-0.2, 0) is 10.2 Å². The van der Waals surface area contributed by atoms with Gasteiger partial charge in [-0.3, -0.25) is 0 Å². The van der Waals surface area contributed by atoms with E-state index in [1.54, 1.807) is 0 Å². The summed E-state index contributed by atoms with van der Waals surface area (Å²) >= 11 is 0. The summed E-state index contributed by atoms with van der Waals surface area (Å²) in [6, 6.07) is 9.99. The lowest BCUT2D eigenvalue weighted by atomic mass is 9.71. The molecule has 0 saturated carbocycles. The fourth-order valence-electron chi connectivity index (χ4n) is 3.34. The maximum absolute atomic E-state index is 5.47. The lowest BCUT2D eigenvalue weighted by molar-refractivity contribution is 0.186. The first kappa shape index (κ1) is 12.2. The highest BCUT2D eigenvalue weighted by atomic mass is 16.5. The van der Waals surface area contributed by atoms with E-state index < -0.39 is 0 Å². The van der Waals surface area contributed by atoms with Crippen molar-refractivity contribution >= 4 is 0 Å². The van der Waals surface area contributed by atoms with E-state index in [2.05, 4.69) is 43.4 Å². The Morgan fingerprint density at radius 1 is 1.22 bits per heavy atom. The van der Waals surface area contributed by atoms with Crippen LogP contribution in [0.25, 0.3) is 0 Å². The van der Waals surface area contributed by atoms with Crippen molar-refractivity contribution in [1.82, 2.24) is 5.32 Å². The average Bonchev–Trinajstić information content (AvgIpc) is 2.86. The van der Waals surface area contributed by atoms with Crippen LogP contribution in [0.5, 0.6) is 0 Å². The predicted molar refractivity (Wildman–Crippen MR) is 73.8 cm³/mol. The van der Waals surface area contributed by atoms with Crippen LogP contribution < -0.4 is 5.32 Å². The van der Waals surface area contributed by atoms with Crippen LogP contribution in [0.2, 0.25) is 0 Å². The maximum Gasteiger partial charge on any atom is 0.0620 e. The number of benzene rings is 1. The van der Waals surface area contributed by atoms with Crippen LogP contribution in [0.3, 0.4) is 0 Å². The van der Waals surface area contributed by atoms with E-state index in [9.17, 15) is 0 Å². The van der Waals surface area contributed by atoms with Gasteiger partial charge in [0.1, 0.15) is 0 Å². The summed E-state index contributed by atoms with van der Waals surface area (Å²) in [5.41, 5.74) is 3.34. The Morgan fingerprint density at radius 2 is 2.06 bits per heavy atom. The zero-order valence-electron chi connectivity index (χ0n) is 11.4. The van der Waals surface area contributed by atoms with Gasteiger partial charge in [0, 0.05) is 18.7 Å². The summed E-state index contributed by atoms with van der Waals surface area (Å²) in [6.45, 7) is 6.51. The molecule has 2 nitrogen and oxygen atoms in total. The van der Waals surface area contributed by atoms with Crippen molar-refractivity contribution in [2.45, 2.75) is 50.6 Å². The van der Waals surface area contributed by atoms with E-state index >= 15 is 0 Å². The molecule has 2 atom stereocenters. The molecule has 1 heterocycles. The quantitative estimate of drug-likeness (QED) is 0.864. The number of hydrogen-bond acceptors (Lipinski definition) is 2.